The van der Waals surface area contributed by atoms with Crippen LogP contribution in [0.15, 0.2) is 48.5 Å². The number of aryl methyl sites for hydroxylation is 1. The minimum absolute atomic E-state index is 0.219. The molecule has 0 heterocycles. The lowest BCUT2D eigenvalue weighted by molar-refractivity contribution is -0.139. The standard InChI is InChI=1S/C17H17ClN2O2/c1-12-6-2-3-7-13(12)10-19-16(21)17(22)20-11-14-8-4-5-9-15(14)18/h2-9H,10-11H2,1H3,(H,19,21)(H,20,22). The Morgan fingerprint density at radius 2 is 1.36 bits per heavy atom. The number of hydrogen-bond acceptors (Lipinski definition) is 2. The van der Waals surface area contributed by atoms with Gasteiger partial charge in [-0.3, -0.25) is 9.59 Å². The molecule has 2 aromatic carbocycles. The van der Waals surface area contributed by atoms with E-state index >= 15 is 0 Å². The van der Waals surface area contributed by atoms with Gasteiger partial charge in [-0.1, -0.05) is 54.1 Å². The molecule has 0 aliphatic heterocycles. The van der Waals surface area contributed by atoms with Crippen molar-refractivity contribution in [3.05, 3.63) is 70.2 Å². The summed E-state index contributed by atoms with van der Waals surface area (Å²) in [5.74, 6) is -1.33. The van der Waals surface area contributed by atoms with E-state index in [1.807, 2.05) is 43.3 Å². The van der Waals surface area contributed by atoms with Gasteiger partial charge in [0.25, 0.3) is 0 Å². The Morgan fingerprint density at radius 3 is 1.95 bits per heavy atom. The van der Waals surface area contributed by atoms with Gasteiger partial charge in [-0.25, -0.2) is 0 Å². The summed E-state index contributed by atoms with van der Waals surface area (Å²) in [7, 11) is 0. The van der Waals surface area contributed by atoms with E-state index in [1.54, 1.807) is 12.1 Å². The molecule has 4 nitrogen and oxygen atoms in total. The van der Waals surface area contributed by atoms with Crippen LogP contribution in [0.5, 0.6) is 0 Å². The number of rotatable bonds is 4. The first-order chi connectivity index (χ1) is 10.6. The van der Waals surface area contributed by atoms with Crippen LogP contribution in [-0.4, -0.2) is 11.8 Å². The molecule has 0 spiro atoms. The van der Waals surface area contributed by atoms with E-state index < -0.39 is 11.8 Å². The molecule has 2 aromatic rings. The molecule has 0 fully saturated rings. The van der Waals surface area contributed by atoms with E-state index in [9.17, 15) is 9.59 Å². The van der Waals surface area contributed by atoms with E-state index in [-0.39, 0.29) is 6.54 Å². The van der Waals surface area contributed by atoms with Gasteiger partial charge in [-0.15, -0.1) is 0 Å². The van der Waals surface area contributed by atoms with Gasteiger partial charge in [0.15, 0.2) is 0 Å². The summed E-state index contributed by atoms with van der Waals surface area (Å²) >= 11 is 5.99. The molecule has 0 saturated heterocycles. The Labute approximate surface area is 134 Å². The van der Waals surface area contributed by atoms with Crippen LogP contribution < -0.4 is 10.6 Å². The smallest absolute Gasteiger partial charge is 0.309 e. The lowest BCUT2D eigenvalue weighted by atomic mass is 10.1. The summed E-state index contributed by atoms with van der Waals surface area (Å²) in [6, 6.07) is 14.9. The molecule has 2 N–H and O–H groups in total. The van der Waals surface area contributed by atoms with Gasteiger partial charge in [-0.2, -0.15) is 0 Å². The highest BCUT2D eigenvalue weighted by Gasteiger charge is 2.13. The van der Waals surface area contributed by atoms with Crippen molar-refractivity contribution in [2.75, 3.05) is 0 Å². The average Bonchev–Trinajstić information content (AvgIpc) is 2.52. The predicted octanol–water partition coefficient (Wildman–Crippen LogP) is 2.58. The molecule has 2 amide bonds. The summed E-state index contributed by atoms with van der Waals surface area (Å²) in [5.41, 5.74) is 2.82. The molecule has 0 aliphatic rings. The Bertz CT molecular complexity index is 626. The van der Waals surface area contributed by atoms with Gasteiger partial charge in [0.1, 0.15) is 0 Å². The van der Waals surface area contributed by atoms with Crippen molar-refractivity contribution in [1.29, 1.82) is 0 Å². The molecule has 0 saturated carbocycles. The third kappa shape index (κ3) is 4.33. The molecule has 0 atom stereocenters. The molecule has 0 aromatic heterocycles. The monoisotopic (exact) mass is 316 g/mol. The molecule has 0 unspecified atom stereocenters. The van der Waals surface area contributed by atoms with Crippen molar-refractivity contribution in [2.24, 2.45) is 0 Å². The van der Waals surface area contributed by atoms with Gasteiger partial charge in [0, 0.05) is 18.1 Å². The topological polar surface area (TPSA) is 58.2 Å². The molecule has 0 radical (unpaired) electrons. The fraction of sp³-hybridized carbons (Fsp3) is 0.176. The fourth-order valence-corrected chi connectivity index (χ4v) is 2.16. The summed E-state index contributed by atoms with van der Waals surface area (Å²) in [6.07, 6.45) is 0. The number of benzene rings is 2. The first-order valence-electron chi connectivity index (χ1n) is 6.92. The van der Waals surface area contributed by atoms with Crippen molar-refractivity contribution in [3.63, 3.8) is 0 Å². The normalized spacial score (nSPS) is 10.1. The van der Waals surface area contributed by atoms with E-state index in [2.05, 4.69) is 10.6 Å². The summed E-state index contributed by atoms with van der Waals surface area (Å²) in [6.45, 7) is 2.50. The van der Waals surface area contributed by atoms with E-state index in [0.29, 0.717) is 11.6 Å². The van der Waals surface area contributed by atoms with Crippen LogP contribution in [0.2, 0.25) is 5.02 Å². The molecule has 2 rings (SSSR count). The predicted molar refractivity (Wildman–Crippen MR) is 86.3 cm³/mol. The number of hydrogen-bond donors (Lipinski definition) is 2. The fourth-order valence-electron chi connectivity index (χ4n) is 1.96. The van der Waals surface area contributed by atoms with Crippen molar-refractivity contribution >= 4 is 23.4 Å². The zero-order valence-electron chi connectivity index (χ0n) is 12.2. The van der Waals surface area contributed by atoms with Gasteiger partial charge in [0.2, 0.25) is 0 Å². The van der Waals surface area contributed by atoms with Crippen molar-refractivity contribution in [2.45, 2.75) is 20.0 Å². The van der Waals surface area contributed by atoms with Crippen LogP contribution in [0.3, 0.4) is 0 Å². The van der Waals surface area contributed by atoms with Crippen LogP contribution in [0.1, 0.15) is 16.7 Å². The Morgan fingerprint density at radius 1 is 0.864 bits per heavy atom. The van der Waals surface area contributed by atoms with Gasteiger partial charge in [-0.05, 0) is 29.7 Å². The minimum Gasteiger partial charge on any atom is -0.344 e. The SMILES string of the molecule is Cc1ccccc1CNC(=O)C(=O)NCc1ccccc1Cl. The second-order valence-corrected chi connectivity index (χ2v) is 5.29. The van der Waals surface area contributed by atoms with Crippen molar-refractivity contribution < 1.29 is 9.59 Å². The largest absolute Gasteiger partial charge is 0.344 e. The van der Waals surface area contributed by atoms with Crippen molar-refractivity contribution in [1.82, 2.24) is 10.6 Å². The second-order valence-electron chi connectivity index (χ2n) is 4.88. The molecule has 0 bridgehead atoms. The summed E-state index contributed by atoms with van der Waals surface area (Å²) in [5, 5.41) is 5.72. The van der Waals surface area contributed by atoms with Crippen molar-refractivity contribution in [3.8, 4) is 0 Å². The first kappa shape index (κ1) is 16.0. The molecular weight excluding hydrogens is 300 g/mol. The third-order valence-electron chi connectivity index (χ3n) is 3.30. The molecule has 22 heavy (non-hydrogen) atoms. The lowest BCUT2D eigenvalue weighted by Crippen LogP contribution is -2.39. The van der Waals surface area contributed by atoms with Crippen LogP contribution in [0.4, 0.5) is 0 Å². The van der Waals surface area contributed by atoms with E-state index in [4.69, 9.17) is 11.6 Å². The molecule has 5 heteroatoms. The number of amides is 2. The zero-order chi connectivity index (χ0) is 15.9. The quantitative estimate of drug-likeness (QED) is 0.852. The van der Waals surface area contributed by atoms with E-state index in [0.717, 1.165) is 16.7 Å². The second kappa shape index (κ2) is 7.61. The Balaban J connectivity index is 1.84. The highest BCUT2D eigenvalue weighted by molar-refractivity contribution is 6.35. The first-order valence-corrected chi connectivity index (χ1v) is 7.29. The number of carbonyl (C=O) groups is 2. The molecular formula is C17H17ClN2O2. The zero-order valence-corrected chi connectivity index (χ0v) is 13.0. The highest BCUT2D eigenvalue weighted by atomic mass is 35.5. The maximum atomic E-state index is 11.8. The van der Waals surface area contributed by atoms with Gasteiger partial charge < -0.3 is 10.6 Å². The maximum absolute atomic E-state index is 11.8. The Hall–Kier alpha value is -2.33. The number of nitrogens with one attached hydrogen (secondary N) is 2. The minimum atomic E-state index is -0.673. The summed E-state index contributed by atoms with van der Waals surface area (Å²) < 4.78 is 0. The summed E-state index contributed by atoms with van der Waals surface area (Å²) in [4.78, 5) is 23.5. The van der Waals surface area contributed by atoms with Crippen LogP contribution in [-0.2, 0) is 22.7 Å². The number of carbonyl (C=O) groups excluding carboxylic acids is 2. The van der Waals surface area contributed by atoms with E-state index in [1.165, 1.54) is 0 Å². The van der Waals surface area contributed by atoms with Crippen LogP contribution in [0.25, 0.3) is 0 Å². The average molecular weight is 317 g/mol. The van der Waals surface area contributed by atoms with Gasteiger partial charge in [0.05, 0.1) is 0 Å². The third-order valence-corrected chi connectivity index (χ3v) is 3.67. The molecule has 0 aliphatic carbocycles. The van der Waals surface area contributed by atoms with Crippen LogP contribution in [0, 0.1) is 6.92 Å². The van der Waals surface area contributed by atoms with Crippen LogP contribution >= 0.6 is 11.6 Å². The number of halogens is 1. The molecule has 114 valence electrons. The maximum Gasteiger partial charge on any atom is 0.309 e. The highest BCUT2D eigenvalue weighted by Crippen LogP contribution is 2.14. The lowest BCUT2D eigenvalue weighted by Gasteiger charge is -2.09. The van der Waals surface area contributed by atoms with Gasteiger partial charge >= 0.3 is 11.8 Å². The Kier molecular flexibility index (Phi) is 5.55.